The number of nitrogens with zero attached hydrogens (tertiary/aromatic N) is 4. The number of anilines is 1. The average Bonchev–Trinajstić information content (AvgIpc) is 3.28. The maximum atomic E-state index is 11.9. The number of carbonyl (C=O) groups excluding carboxylic acids is 1. The number of nitrogens with one attached hydrogen (secondary N) is 1. The van der Waals surface area contributed by atoms with Gasteiger partial charge in [-0.3, -0.25) is 4.79 Å². The maximum Gasteiger partial charge on any atom is 0.220 e. The van der Waals surface area contributed by atoms with E-state index in [1.165, 1.54) is 6.33 Å². The molecule has 4 rings (SSSR count). The van der Waals surface area contributed by atoms with Crippen LogP contribution in [0.4, 0.5) is 5.82 Å². The molecule has 0 bridgehead atoms. The second kappa shape index (κ2) is 7.75. The SMILES string of the molecule is CCOc1c(C(C)n2nc(C)c3c(N)ncnc32)cc(Cl)c(C)c1[C@H]1CNC(=O)C1. The van der Waals surface area contributed by atoms with Crippen LogP contribution < -0.4 is 15.8 Å². The molecule has 1 fully saturated rings. The van der Waals surface area contributed by atoms with E-state index in [0.717, 1.165) is 33.5 Å². The molecule has 1 unspecified atom stereocenters. The third kappa shape index (κ3) is 3.25. The summed E-state index contributed by atoms with van der Waals surface area (Å²) in [4.78, 5) is 20.4. The largest absolute Gasteiger partial charge is 0.493 e. The molecule has 8 nitrogen and oxygen atoms in total. The van der Waals surface area contributed by atoms with Crippen LogP contribution in [0.3, 0.4) is 0 Å². The lowest BCUT2D eigenvalue weighted by atomic mass is 9.89. The van der Waals surface area contributed by atoms with Gasteiger partial charge < -0.3 is 15.8 Å². The zero-order valence-electron chi connectivity index (χ0n) is 17.5. The Morgan fingerprint density at radius 2 is 2.17 bits per heavy atom. The standard InChI is InChI=1S/C21H25ClN6O2/c1-5-30-19-14(7-15(22)10(2)17(19)13-6-16(29)24-8-13)12(4)28-21-18(11(3)27-28)20(23)25-9-26-21/h7,9,12-13H,5-6,8H2,1-4H3,(H,24,29)(H2,23,25,26)/t12?,13-/m1/s1. The van der Waals surface area contributed by atoms with Crippen LogP contribution in [0.2, 0.25) is 5.02 Å². The number of nitrogens with two attached hydrogens (primary N) is 1. The summed E-state index contributed by atoms with van der Waals surface area (Å²) < 4.78 is 7.97. The van der Waals surface area contributed by atoms with Crippen molar-refractivity contribution in [3.8, 4) is 5.75 Å². The van der Waals surface area contributed by atoms with Crippen molar-refractivity contribution in [1.29, 1.82) is 0 Å². The van der Waals surface area contributed by atoms with Gasteiger partial charge in [-0.15, -0.1) is 0 Å². The number of halogens is 1. The topological polar surface area (TPSA) is 108 Å². The van der Waals surface area contributed by atoms with E-state index in [2.05, 4.69) is 20.4 Å². The minimum atomic E-state index is -0.223. The van der Waals surface area contributed by atoms with E-state index in [-0.39, 0.29) is 17.9 Å². The van der Waals surface area contributed by atoms with Gasteiger partial charge in [0.15, 0.2) is 5.65 Å². The van der Waals surface area contributed by atoms with Gasteiger partial charge in [0.05, 0.1) is 23.7 Å². The minimum absolute atomic E-state index is 0.0118. The molecule has 1 aromatic carbocycles. The Kier molecular flexibility index (Phi) is 5.27. The lowest BCUT2D eigenvalue weighted by molar-refractivity contribution is -0.119. The average molecular weight is 429 g/mol. The summed E-state index contributed by atoms with van der Waals surface area (Å²) in [6.07, 6.45) is 1.86. The number of fused-ring (bicyclic) bond motifs is 1. The van der Waals surface area contributed by atoms with Crippen LogP contribution >= 0.6 is 11.6 Å². The fraction of sp³-hybridized carbons (Fsp3) is 0.429. The van der Waals surface area contributed by atoms with Crippen LogP contribution in [-0.2, 0) is 4.79 Å². The maximum absolute atomic E-state index is 11.9. The zero-order valence-corrected chi connectivity index (χ0v) is 18.2. The first-order chi connectivity index (χ1) is 14.3. The number of carbonyl (C=O) groups is 1. The van der Waals surface area contributed by atoms with E-state index >= 15 is 0 Å². The summed E-state index contributed by atoms with van der Waals surface area (Å²) >= 11 is 6.65. The number of benzene rings is 1. The molecule has 3 aromatic rings. The Bertz CT molecular complexity index is 1140. The van der Waals surface area contributed by atoms with E-state index in [1.807, 2.05) is 38.4 Å². The summed E-state index contributed by atoms with van der Waals surface area (Å²) in [5.41, 5.74) is 10.3. The van der Waals surface area contributed by atoms with Crippen LogP contribution in [0.1, 0.15) is 54.6 Å². The molecule has 3 N–H and O–H groups in total. The molecular formula is C21H25ClN6O2. The highest BCUT2D eigenvalue weighted by atomic mass is 35.5. The molecule has 3 heterocycles. The lowest BCUT2D eigenvalue weighted by Crippen LogP contribution is -2.16. The first-order valence-electron chi connectivity index (χ1n) is 10.0. The number of hydrogen-bond acceptors (Lipinski definition) is 6. The van der Waals surface area contributed by atoms with Gasteiger partial charge in [-0.2, -0.15) is 5.10 Å². The number of aromatic nitrogens is 4. The Hall–Kier alpha value is -2.87. The van der Waals surface area contributed by atoms with Gasteiger partial charge in [-0.05, 0) is 39.3 Å². The summed E-state index contributed by atoms with van der Waals surface area (Å²) in [5, 5.41) is 8.98. The Balaban J connectivity index is 1.91. The molecular weight excluding hydrogens is 404 g/mol. The van der Waals surface area contributed by atoms with Gasteiger partial charge in [-0.25, -0.2) is 14.6 Å². The van der Waals surface area contributed by atoms with Crippen molar-refractivity contribution in [2.75, 3.05) is 18.9 Å². The van der Waals surface area contributed by atoms with Gasteiger partial charge in [0, 0.05) is 35.0 Å². The predicted octanol–water partition coefficient (Wildman–Crippen LogP) is 3.29. The number of amides is 1. The van der Waals surface area contributed by atoms with Gasteiger partial charge in [0.2, 0.25) is 5.91 Å². The number of aryl methyl sites for hydroxylation is 1. The van der Waals surface area contributed by atoms with Crippen LogP contribution in [-0.4, -0.2) is 38.8 Å². The molecule has 1 amide bonds. The lowest BCUT2D eigenvalue weighted by Gasteiger charge is -2.25. The highest BCUT2D eigenvalue weighted by Crippen LogP contribution is 2.43. The third-order valence-corrected chi connectivity index (χ3v) is 6.13. The molecule has 1 aliphatic heterocycles. The van der Waals surface area contributed by atoms with Crippen molar-refractivity contribution in [3.63, 3.8) is 0 Å². The molecule has 1 aliphatic rings. The number of hydrogen-bond donors (Lipinski definition) is 2. The molecule has 1 saturated heterocycles. The van der Waals surface area contributed by atoms with Crippen LogP contribution in [0.25, 0.3) is 11.0 Å². The smallest absolute Gasteiger partial charge is 0.220 e. The second-order valence-corrected chi connectivity index (χ2v) is 8.02. The first-order valence-corrected chi connectivity index (χ1v) is 10.4. The van der Waals surface area contributed by atoms with Gasteiger partial charge in [-0.1, -0.05) is 11.6 Å². The Labute approximate surface area is 179 Å². The number of ether oxygens (including phenoxy) is 1. The van der Waals surface area contributed by atoms with Gasteiger partial charge in [0.25, 0.3) is 0 Å². The molecule has 158 valence electrons. The first kappa shape index (κ1) is 20.4. The van der Waals surface area contributed by atoms with Gasteiger partial charge >= 0.3 is 0 Å². The van der Waals surface area contributed by atoms with E-state index < -0.39 is 0 Å². The molecule has 0 radical (unpaired) electrons. The molecule has 0 saturated carbocycles. The number of nitrogen functional groups attached to an aromatic ring is 1. The summed E-state index contributed by atoms with van der Waals surface area (Å²) in [6.45, 7) is 8.89. The van der Waals surface area contributed by atoms with Crippen molar-refractivity contribution in [2.24, 2.45) is 0 Å². The van der Waals surface area contributed by atoms with Crippen molar-refractivity contribution in [3.05, 3.63) is 39.8 Å². The fourth-order valence-electron chi connectivity index (χ4n) is 4.25. The molecule has 0 spiro atoms. The Morgan fingerprint density at radius 3 is 2.83 bits per heavy atom. The van der Waals surface area contributed by atoms with E-state index in [4.69, 9.17) is 22.1 Å². The third-order valence-electron chi connectivity index (χ3n) is 5.74. The van der Waals surface area contributed by atoms with Crippen LogP contribution in [0.15, 0.2) is 12.4 Å². The highest BCUT2D eigenvalue weighted by Gasteiger charge is 2.31. The normalized spacial score (nSPS) is 17.4. The van der Waals surface area contributed by atoms with Crippen LogP contribution in [0, 0.1) is 13.8 Å². The summed E-state index contributed by atoms with van der Waals surface area (Å²) in [5.74, 6) is 1.21. The molecule has 30 heavy (non-hydrogen) atoms. The van der Waals surface area contributed by atoms with Crippen molar-refractivity contribution < 1.29 is 9.53 Å². The van der Waals surface area contributed by atoms with Crippen molar-refractivity contribution in [2.45, 2.75) is 46.1 Å². The van der Waals surface area contributed by atoms with E-state index in [9.17, 15) is 4.79 Å². The molecule has 2 aromatic heterocycles. The number of rotatable bonds is 5. The quantitative estimate of drug-likeness (QED) is 0.645. The fourth-order valence-corrected chi connectivity index (χ4v) is 4.47. The van der Waals surface area contributed by atoms with E-state index in [1.54, 1.807) is 0 Å². The highest BCUT2D eigenvalue weighted by molar-refractivity contribution is 6.31. The molecule has 2 atom stereocenters. The molecule has 0 aliphatic carbocycles. The summed E-state index contributed by atoms with van der Waals surface area (Å²) in [6, 6.07) is 1.70. The van der Waals surface area contributed by atoms with Gasteiger partial charge in [0.1, 0.15) is 17.9 Å². The van der Waals surface area contributed by atoms with Crippen molar-refractivity contribution in [1.82, 2.24) is 25.1 Å². The predicted molar refractivity (Wildman–Crippen MR) is 116 cm³/mol. The van der Waals surface area contributed by atoms with Crippen LogP contribution in [0.5, 0.6) is 5.75 Å². The molecule has 9 heteroatoms. The van der Waals surface area contributed by atoms with E-state index in [0.29, 0.717) is 36.1 Å². The second-order valence-electron chi connectivity index (χ2n) is 7.62. The zero-order chi connectivity index (χ0) is 21.6. The monoisotopic (exact) mass is 428 g/mol. The minimum Gasteiger partial charge on any atom is -0.493 e. The summed E-state index contributed by atoms with van der Waals surface area (Å²) in [7, 11) is 0. The van der Waals surface area contributed by atoms with Crippen molar-refractivity contribution >= 4 is 34.4 Å². The Morgan fingerprint density at radius 1 is 1.40 bits per heavy atom.